The topological polar surface area (TPSA) is 50.2 Å². The van der Waals surface area contributed by atoms with Gasteiger partial charge in [-0.2, -0.15) is 0 Å². The van der Waals surface area contributed by atoms with Crippen LogP contribution in [-0.4, -0.2) is 16.1 Å². The maximum Gasteiger partial charge on any atom is 0.337 e. The molecule has 0 bridgehead atoms. The van der Waals surface area contributed by atoms with Gasteiger partial charge < -0.3 is 5.11 Å². The van der Waals surface area contributed by atoms with Crippen molar-refractivity contribution >= 4 is 17.6 Å². The molecule has 0 fully saturated rings. The second-order valence-corrected chi connectivity index (χ2v) is 2.46. The Balaban J connectivity index is 3.20. The van der Waals surface area contributed by atoms with Crippen LogP contribution in [0.1, 0.15) is 16.1 Å². The number of nitrogens with zero attached hydrogens (tertiary/aromatic N) is 1. The van der Waals surface area contributed by atoms with Gasteiger partial charge in [-0.15, -0.1) is 0 Å². The van der Waals surface area contributed by atoms with Crippen molar-refractivity contribution in [3.63, 3.8) is 0 Å². The summed E-state index contributed by atoms with van der Waals surface area (Å²) in [5.41, 5.74) is 0.624. The molecular weight excluding hydrogens is 166 g/mol. The third kappa shape index (κ3) is 1.68. The van der Waals surface area contributed by atoms with E-state index in [0.29, 0.717) is 10.8 Å². The highest BCUT2D eigenvalue weighted by Gasteiger charge is 2.06. The quantitative estimate of drug-likeness (QED) is 0.655. The Morgan fingerprint density at radius 2 is 2.27 bits per heavy atom. The van der Waals surface area contributed by atoms with Crippen LogP contribution < -0.4 is 0 Å². The lowest BCUT2D eigenvalue weighted by Crippen LogP contribution is -2.00. The van der Waals surface area contributed by atoms with E-state index < -0.39 is 5.97 Å². The van der Waals surface area contributed by atoms with Gasteiger partial charge in [0.1, 0.15) is 5.15 Å². The molecule has 1 rings (SSSR count). The minimum Gasteiger partial charge on any atom is -0.478 e. The first-order chi connectivity index (χ1) is 5.11. The summed E-state index contributed by atoms with van der Waals surface area (Å²) in [6.45, 7) is 1.61. The average Bonchev–Trinajstić information content (AvgIpc) is 1.85. The first kappa shape index (κ1) is 8.01. The molecule has 0 radical (unpaired) electrons. The zero-order valence-electron chi connectivity index (χ0n) is 5.84. The molecule has 0 spiro atoms. The molecule has 1 aromatic rings. The molecule has 58 valence electrons. The Labute approximate surface area is 68.6 Å². The van der Waals surface area contributed by atoms with Crippen LogP contribution in [-0.2, 0) is 0 Å². The molecular formula is C7H6ClNO2. The second kappa shape index (κ2) is 2.88. The van der Waals surface area contributed by atoms with Crippen LogP contribution >= 0.6 is 11.6 Å². The molecule has 11 heavy (non-hydrogen) atoms. The van der Waals surface area contributed by atoms with Crippen LogP contribution in [0.15, 0.2) is 12.1 Å². The molecule has 0 saturated heterocycles. The summed E-state index contributed by atoms with van der Waals surface area (Å²) in [7, 11) is 0. The smallest absolute Gasteiger partial charge is 0.337 e. The summed E-state index contributed by atoms with van der Waals surface area (Å²) in [5.74, 6) is -0.980. The number of carbonyl (C=O) groups is 1. The number of aryl methyl sites for hydroxylation is 1. The monoisotopic (exact) mass is 171 g/mol. The first-order valence-electron chi connectivity index (χ1n) is 2.97. The molecule has 1 heterocycles. The molecule has 0 aliphatic carbocycles. The van der Waals surface area contributed by atoms with E-state index in [1.807, 2.05) is 0 Å². The first-order valence-corrected chi connectivity index (χ1v) is 3.35. The van der Waals surface area contributed by atoms with Crippen molar-refractivity contribution in [2.45, 2.75) is 6.92 Å². The van der Waals surface area contributed by atoms with Crippen molar-refractivity contribution in [3.05, 3.63) is 28.5 Å². The molecule has 0 aliphatic heterocycles. The van der Waals surface area contributed by atoms with Crippen molar-refractivity contribution in [1.82, 2.24) is 4.98 Å². The van der Waals surface area contributed by atoms with Crippen LogP contribution in [0.3, 0.4) is 0 Å². The van der Waals surface area contributed by atoms with E-state index in [-0.39, 0.29) is 5.56 Å². The molecule has 0 atom stereocenters. The number of hydrogen-bond acceptors (Lipinski definition) is 2. The average molecular weight is 172 g/mol. The normalized spacial score (nSPS) is 9.64. The van der Waals surface area contributed by atoms with E-state index in [4.69, 9.17) is 16.7 Å². The van der Waals surface area contributed by atoms with Gasteiger partial charge in [-0.3, -0.25) is 0 Å². The van der Waals surface area contributed by atoms with E-state index >= 15 is 0 Å². The van der Waals surface area contributed by atoms with Crippen LogP contribution in [0.2, 0.25) is 5.15 Å². The Hall–Kier alpha value is -1.09. The summed E-state index contributed by atoms with van der Waals surface area (Å²) in [6, 6.07) is 2.89. The van der Waals surface area contributed by atoms with Crippen LogP contribution in [0.4, 0.5) is 0 Å². The maximum absolute atomic E-state index is 10.4. The highest BCUT2D eigenvalue weighted by Crippen LogP contribution is 2.09. The second-order valence-electron chi connectivity index (χ2n) is 2.07. The van der Waals surface area contributed by atoms with Crippen molar-refractivity contribution in [1.29, 1.82) is 0 Å². The van der Waals surface area contributed by atoms with Crippen molar-refractivity contribution in [3.8, 4) is 0 Å². The van der Waals surface area contributed by atoms with E-state index in [9.17, 15) is 4.79 Å². The van der Waals surface area contributed by atoms with Crippen LogP contribution in [0, 0.1) is 6.92 Å². The standard InChI is InChI=1S/C7H6ClNO2/c1-4-5(7(10)11)2-3-6(8)9-4/h2-3H,1H3,(H,10,11). The molecule has 0 aliphatic rings. The molecule has 3 nitrogen and oxygen atoms in total. The Morgan fingerprint density at radius 3 is 2.73 bits per heavy atom. The van der Waals surface area contributed by atoms with Gasteiger partial charge in [0, 0.05) is 0 Å². The van der Waals surface area contributed by atoms with Crippen molar-refractivity contribution in [2.24, 2.45) is 0 Å². The van der Waals surface area contributed by atoms with Gasteiger partial charge in [0.05, 0.1) is 11.3 Å². The fraction of sp³-hybridized carbons (Fsp3) is 0.143. The molecule has 1 N–H and O–H groups in total. The van der Waals surface area contributed by atoms with Crippen molar-refractivity contribution < 1.29 is 9.90 Å². The summed E-state index contributed by atoms with van der Waals surface area (Å²) < 4.78 is 0. The number of carboxylic acids is 1. The fourth-order valence-corrected chi connectivity index (χ4v) is 0.946. The number of hydrogen-bond donors (Lipinski definition) is 1. The van der Waals surface area contributed by atoms with E-state index in [1.54, 1.807) is 6.92 Å². The lowest BCUT2D eigenvalue weighted by atomic mass is 10.2. The predicted molar refractivity (Wildman–Crippen MR) is 40.9 cm³/mol. The maximum atomic E-state index is 10.4. The lowest BCUT2D eigenvalue weighted by molar-refractivity contribution is 0.0695. The predicted octanol–water partition coefficient (Wildman–Crippen LogP) is 1.74. The highest BCUT2D eigenvalue weighted by molar-refractivity contribution is 6.29. The van der Waals surface area contributed by atoms with Gasteiger partial charge in [0.15, 0.2) is 0 Å². The minimum absolute atomic E-state index is 0.189. The number of halogens is 1. The highest BCUT2D eigenvalue weighted by atomic mass is 35.5. The molecule has 0 aromatic carbocycles. The number of carboxylic acid groups (broad SMARTS) is 1. The van der Waals surface area contributed by atoms with Gasteiger partial charge in [0.25, 0.3) is 0 Å². The summed E-state index contributed by atoms with van der Waals surface area (Å²) in [6.07, 6.45) is 0. The van der Waals surface area contributed by atoms with Gasteiger partial charge in [-0.05, 0) is 19.1 Å². The minimum atomic E-state index is -0.980. The molecule has 1 aromatic heterocycles. The van der Waals surface area contributed by atoms with Gasteiger partial charge in [0.2, 0.25) is 0 Å². The van der Waals surface area contributed by atoms with Crippen LogP contribution in [0.25, 0.3) is 0 Å². The van der Waals surface area contributed by atoms with Crippen LogP contribution in [0.5, 0.6) is 0 Å². The SMILES string of the molecule is Cc1nc(Cl)ccc1C(=O)O. The van der Waals surface area contributed by atoms with Gasteiger partial charge >= 0.3 is 5.97 Å². The number of pyridine rings is 1. The molecule has 0 saturated carbocycles. The third-order valence-corrected chi connectivity index (χ3v) is 1.49. The molecule has 0 unspecified atom stereocenters. The van der Waals surface area contributed by atoms with E-state index in [2.05, 4.69) is 4.98 Å². The third-order valence-electron chi connectivity index (χ3n) is 1.28. The van der Waals surface area contributed by atoms with E-state index in [1.165, 1.54) is 12.1 Å². The lowest BCUT2D eigenvalue weighted by Gasteiger charge is -1.97. The number of rotatable bonds is 1. The summed E-state index contributed by atoms with van der Waals surface area (Å²) in [4.78, 5) is 14.2. The van der Waals surface area contributed by atoms with E-state index in [0.717, 1.165) is 0 Å². The van der Waals surface area contributed by atoms with Crippen molar-refractivity contribution in [2.75, 3.05) is 0 Å². The molecule has 4 heteroatoms. The number of aromatic nitrogens is 1. The number of aromatic carboxylic acids is 1. The summed E-state index contributed by atoms with van der Waals surface area (Å²) >= 11 is 5.52. The molecule has 0 amide bonds. The zero-order chi connectivity index (χ0) is 8.43. The fourth-order valence-electron chi connectivity index (χ4n) is 0.756. The van der Waals surface area contributed by atoms with Gasteiger partial charge in [-0.1, -0.05) is 11.6 Å². The zero-order valence-corrected chi connectivity index (χ0v) is 6.59. The van der Waals surface area contributed by atoms with Gasteiger partial charge in [-0.25, -0.2) is 9.78 Å². The summed E-state index contributed by atoms with van der Waals surface area (Å²) in [5, 5.41) is 8.89. The Bertz CT molecular complexity index is 298. The Morgan fingerprint density at radius 1 is 1.64 bits per heavy atom. The Kier molecular flexibility index (Phi) is 2.10. The largest absolute Gasteiger partial charge is 0.478 e.